The van der Waals surface area contributed by atoms with E-state index in [9.17, 15) is 4.79 Å². The molecule has 2 aromatic carbocycles. The summed E-state index contributed by atoms with van der Waals surface area (Å²) in [5.41, 5.74) is 0.714. The summed E-state index contributed by atoms with van der Waals surface area (Å²) in [5, 5.41) is 0. The Labute approximate surface area is 138 Å². The number of thioether (sulfide) groups is 1. The molecule has 0 amide bonds. The van der Waals surface area contributed by atoms with Gasteiger partial charge in [-0.2, -0.15) is 0 Å². The number of rotatable bonds is 6. The monoisotopic (exact) mass is 364 g/mol. The van der Waals surface area contributed by atoms with Gasteiger partial charge in [0.2, 0.25) is 0 Å². The maximum absolute atomic E-state index is 12.2. The van der Waals surface area contributed by atoms with Crippen LogP contribution in [0.15, 0.2) is 57.9 Å². The highest BCUT2D eigenvalue weighted by molar-refractivity contribution is 9.10. The highest BCUT2D eigenvalue weighted by Gasteiger charge is 2.08. The fraction of sp³-hybridized carbons (Fsp3) is 0.235. The van der Waals surface area contributed by atoms with E-state index in [1.54, 1.807) is 0 Å². The first-order chi connectivity index (χ1) is 10.1. The SMILES string of the molecule is CC(C)Oc1ccc(C(=O)CSc2ccccc2Br)cc1. The van der Waals surface area contributed by atoms with Gasteiger partial charge < -0.3 is 4.74 Å². The van der Waals surface area contributed by atoms with Gasteiger partial charge in [-0.1, -0.05) is 12.1 Å². The lowest BCUT2D eigenvalue weighted by molar-refractivity contribution is 0.102. The van der Waals surface area contributed by atoms with Crippen molar-refractivity contribution in [3.63, 3.8) is 0 Å². The van der Waals surface area contributed by atoms with Gasteiger partial charge in [0.15, 0.2) is 5.78 Å². The van der Waals surface area contributed by atoms with Crippen molar-refractivity contribution in [1.82, 2.24) is 0 Å². The molecular formula is C17H17BrO2S. The number of hydrogen-bond donors (Lipinski definition) is 0. The number of ether oxygens (including phenoxy) is 1. The third-order valence-corrected chi connectivity index (χ3v) is 4.77. The van der Waals surface area contributed by atoms with Gasteiger partial charge >= 0.3 is 0 Å². The second-order valence-electron chi connectivity index (χ2n) is 4.83. The first-order valence-corrected chi connectivity index (χ1v) is 8.51. The Balaban J connectivity index is 1.96. The Hall–Kier alpha value is -1.26. The maximum Gasteiger partial charge on any atom is 0.173 e. The highest BCUT2D eigenvalue weighted by Crippen LogP contribution is 2.27. The maximum atomic E-state index is 12.2. The Kier molecular flexibility index (Phi) is 5.88. The molecule has 21 heavy (non-hydrogen) atoms. The molecule has 0 aliphatic carbocycles. The van der Waals surface area contributed by atoms with Gasteiger partial charge in [0.05, 0.1) is 11.9 Å². The molecular weight excluding hydrogens is 348 g/mol. The van der Waals surface area contributed by atoms with Crippen molar-refractivity contribution >= 4 is 33.5 Å². The van der Waals surface area contributed by atoms with Crippen LogP contribution in [-0.2, 0) is 0 Å². The molecule has 2 rings (SSSR count). The summed E-state index contributed by atoms with van der Waals surface area (Å²) in [4.78, 5) is 13.3. The van der Waals surface area contributed by atoms with Crippen LogP contribution in [0, 0.1) is 0 Å². The molecule has 0 bridgehead atoms. The highest BCUT2D eigenvalue weighted by atomic mass is 79.9. The first-order valence-electron chi connectivity index (χ1n) is 6.73. The third kappa shape index (κ3) is 4.90. The summed E-state index contributed by atoms with van der Waals surface area (Å²) in [6.45, 7) is 3.96. The average molecular weight is 365 g/mol. The normalized spacial score (nSPS) is 10.7. The predicted octanol–water partition coefficient (Wildman–Crippen LogP) is 5.21. The Morgan fingerprint density at radius 3 is 2.43 bits per heavy atom. The molecule has 0 N–H and O–H groups in total. The van der Waals surface area contributed by atoms with Crippen LogP contribution in [0.25, 0.3) is 0 Å². The first kappa shape index (κ1) is 16.1. The van der Waals surface area contributed by atoms with Gasteiger partial charge in [-0.3, -0.25) is 4.79 Å². The molecule has 2 aromatic rings. The Bertz CT molecular complexity index is 608. The summed E-state index contributed by atoms with van der Waals surface area (Å²) in [7, 11) is 0. The van der Waals surface area contributed by atoms with Crippen molar-refractivity contribution in [2.75, 3.05) is 5.75 Å². The minimum absolute atomic E-state index is 0.117. The van der Waals surface area contributed by atoms with Crippen LogP contribution in [0.5, 0.6) is 5.75 Å². The van der Waals surface area contributed by atoms with Crippen LogP contribution in [0.4, 0.5) is 0 Å². The number of hydrogen-bond acceptors (Lipinski definition) is 3. The number of halogens is 1. The van der Waals surface area contributed by atoms with Crippen LogP contribution in [0.1, 0.15) is 24.2 Å². The zero-order valence-electron chi connectivity index (χ0n) is 12.0. The summed E-state index contributed by atoms with van der Waals surface area (Å²) < 4.78 is 6.59. The number of carbonyl (C=O) groups excluding carboxylic acids is 1. The van der Waals surface area contributed by atoms with Gasteiger partial charge in [-0.05, 0) is 66.2 Å². The zero-order chi connectivity index (χ0) is 15.2. The van der Waals surface area contributed by atoms with E-state index >= 15 is 0 Å². The minimum Gasteiger partial charge on any atom is -0.491 e. The molecule has 4 heteroatoms. The Morgan fingerprint density at radius 2 is 1.81 bits per heavy atom. The summed E-state index contributed by atoms with van der Waals surface area (Å²) in [6, 6.07) is 15.2. The molecule has 110 valence electrons. The summed E-state index contributed by atoms with van der Waals surface area (Å²) >= 11 is 5.02. The molecule has 0 aliphatic heterocycles. The van der Waals surface area contributed by atoms with Crippen molar-refractivity contribution < 1.29 is 9.53 Å². The van der Waals surface area contributed by atoms with E-state index in [1.165, 1.54) is 11.8 Å². The van der Waals surface area contributed by atoms with Crippen LogP contribution in [0.2, 0.25) is 0 Å². The standard InChI is InChI=1S/C17H17BrO2S/c1-12(2)20-14-9-7-13(8-10-14)16(19)11-21-17-6-4-3-5-15(17)18/h3-10,12H,11H2,1-2H3. The number of carbonyl (C=O) groups is 1. The van der Waals surface area contributed by atoms with E-state index < -0.39 is 0 Å². The third-order valence-electron chi connectivity index (χ3n) is 2.74. The molecule has 0 aliphatic rings. The van der Waals surface area contributed by atoms with Crippen LogP contribution in [0.3, 0.4) is 0 Å². The van der Waals surface area contributed by atoms with E-state index in [0.29, 0.717) is 11.3 Å². The molecule has 2 nitrogen and oxygen atoms in total. The zero-order valence-corrected chi connectivity index (χ0v) is 14.4. The van der Waals surface area contributed by atoms with E-state index in [4.69, 9.17) is 4.74 Å². The molecule has 0 atom stereocenters. The van der Waals surface area contributed by atoms with Crippen molar-refractivity contribution in [3.8, 4) is 5.75 Å². The second-order valence-corrected chi connectivity index (χ2v) is 6.70. The Morgan fingerprint density at radius 1 is 1.14 bits per heavy atom. The summed E-state index contributed by atoms with van der Waals surface area (Å²) in [5.74, 6) is 1.33. The summed E-state index contributed by atoms with van der Waals surface area (Å²) in [6.07, 6.45) is 0.137. The van der Waals surface area contributed by atoms with Crippen LogP contribution in [-0.4, -0.2) is 17.6 Å². The fourth-order valence-electron chi connectivity index (χ4n) is 1.78. The average Bonchev–Trinajstić information content (AvgIpc) is 2.46. The van der Waals surface area contributed by atoms with Crippen molar-refractivity contribution in [2.45, 2.75) is 24.8 Å². The van der Waals surface area contributed by atoms with E-state index in [1.807, 2.05) is 62.4 Å². The fourth-order valence-corrected chi connectivity index (χ4v) is 3.24. The van der Waals surface area contributed by atoms with Gasteiger partial charge in [0.1, 0.15) is 5.75 Å². The lowest BCUT2D eigenvalue weighted by Gasteiger charge is -2.10. The van der Waals surface area contributed by atoms with Gasteiger partial charge in [-0.15, -0.1) is 11.8 Å². The van der Waals surface area contributed by atoms with Gasteiger partial charge in [-0.25, -0.2) is 0 Å². The molecule has 0 spiro atoms. The predicted molar refractivity (Wildman–Crippen MR) is 91.4 cm³/mol. The van der Waals surface area contributed by atoms with E-state index in [2.05, 4.69) is 15.9 Å². The topological polar surface area (TPSA) is 26.3 Å². The van der Waals surface area contributed by atoms with Gasteiger partial charge in [0, 0.05) is 14.9 Å². The molecule has 0 saturated heterocycles. The molecule has 0 heterocycles. The van der Waals surface area contributed by atoms with Crippen molar-refractivity contribution in [2.24, 2.45) is 0 Å². The van der Waals surface area contributed by atoms with Crippen LogP contribution >= 0.6 is 27.7 Å². The number of Topliss-reactive ketones (excluding diaryl/α,β-unsaturated/α-hetero) is 1. The largest absolute Gasteiger partial charge is 0.491 e. The minimum atomic E-state index is 0.117. The smallest absolute Gasteiger partial charge is 0.173 e. The number of benzene rings is 2. The van der Waals surface area contributed by atoms with Gasteiger partial charge in [0.25, 0.3) is 0 Å². The lowest BCUT2D eigenvalue weighted by Crippen LogP contribution is -2.06. The van der Waals surface area contributed by atoms with E-state index in [-0.39, 0.29) is 11.9 Å². The van der Waals surface area contributed by atoms with Crippen molar-refractivity contribution in [3.05, 3.63) is 58.6 Å². The van der Waals surface area contributed by atoms with Crippen molar-refractivity contribution in [1.29, 1.82) is 0 Å². The lowest BCUT2D eigenvalue weighted by atomic mass is 10.1. The quantitative estimate of drug-likeness (QED) is 0.519. The molecule has 0 saturated carbocycles. The second kappa shape index (κ2) is 7.66. The molecule has 0 radical (unpaired) electrons. The molecule has 0 aromatic heterocycles. The van der Waals surface area contributed by atoms with E-state index in [0.717, 1.165) is 15.1 Å². The number of ketones is 1. The van der Waals surface area contributed by atoms with Crippen LogP contribution < -0.4 is 4.74 Å². The molecule has 0 fully saturated rings. The molecule has 0 unspecified atom stereocenters.